The van der Waals surface area contributed by atoms with Gasteiger partial charge in [-0.25, -0.2) is 0 Å². The van der Waals surface area contributed by atoms with Gasteiger partial charge in [0.2, 0.25) is 0 Å². The van der Waals surface area contributed by atoms with Gasteiger partial charge in [0.1, 0.15) is 0 Å². The van der Waals surface area contributed by atoms with E-state index < -0.39 is 0 Å². The summed E-state index contributed by atoms with van der Waals surface area (Å²) >= 11 is 0. The number of nitrogens with zero attached hydrogens (tertiary/aromatic N) is 2. The second-order valence-electron chi connectivity index (χ2n) is 5.59. The van der Waals surface area contributed by atoms with Crippen LogP contribution in [0.1, 0.15) is 36.9 Å². The van der Waals surface area contributed by atoms with E-state index in [0.29, 0.717) is 0 Å². The first-order valence-electron chi connectivity index (χ1n) is 6.82. The Bertz CT molecular complexity index is 461. The van der Waals surface area contributed by atoms with Gasteiger partial charge in [0.15, 0.2) is 0 Å². The summed E-state index contributed by atoms with van der Waals surface area (Å²) in [7, 11) is 0. The summed E-state index contributed by atoms with van der Waals surface area (Å²) in [6.45, 7) is 4.54. The third-order valence-corrected chi connectivity index (χ3v) is 4.35. The third kappa shape index (κ3) is 1.93. The summed E-state index contributed by atoms with van der Waals surface area (Å²) in [4.78, 5) is 2.47. The van der Waals surface area contributed by atoms with E-state index in [1.165, 1.54) is 24.0 Å². The maximum absolute atomic E-state index is 9.25. The van der Waals surface area contributed by atoms with Crippen LogP contribution < -0.4 is 0 Å². The van der Waals surface area contributed by atoms with Crippen molar-refractivity contribution >= 4 is 5.71 Å². The molecule has 0 spiro atoms. The number of fused-ring (bicyclic) bond motifs is 1. The van der Waals surface area contributed by atoms with E-state index in [9.17, 15) is 5.21 Å². The monoisotopic (exact) mass is 244 g/mol. The van der Waals surface area contributed by atoms with Crippen LogP contribution in [-0.2, 0) is 6.42 Å². The Kier molecular flexibility index (Phi) is 3.08. The fraction of sp³-hybridized carbons (Fsp3) is 0.533. The van der Waals surface area contributed by atoms with E-state index in [1.807, 2.05) is 0 Å². The van der Waals surface area contributed by atoms with Gasteiger partial charge in [-0.05, 0) is 43.0 Å². The van der Waals surface area contributed by atoms with E-state index in [4.69, 9.17) is 0 Å². The number of oxime groups is 1. The van der Waals surface area contributed by atoms with Crippen LogP contribution in [0, 0.1) is 5.92 Å². The van der Waals surface area contributed by atoms with Gasteiger partial charge in [-0.15, -0.1) is 0 Å². The Hall–Kier alpha value is -1.35. The van der Waals surface area contributed by atoms with E-state index in [0.717, 1.165) is 31.1 Å². The molecule has 0 aromatic heterocycles. The lowest BCUT2D eigenvalue weighted by atomic mass is 9.96. The van der Waals surface area contributed by atoms with E-state index in [-0.39, 0.29) is 6.04 Å². The molecule has 18 heavy (non-hydrogen) atoms. The van der Waals surface area contributed by atoms with E-state index in [2.05, 4.69) is 41.2 Å². The topological polar surface area (TPSA) is 35.8 Å². The number of rotatable bonds is 1. The number of benzene rings is 1. The summed E-state index contributed by atoms with van der Waals surface area (Å²) in [5.41, 5.74) is 3.56. The molecule has 0 saturated carbocycles. The molecule has 1 fully saturated rings. The van der Waals surface area contributed by atoms with Crippen molar-refractivity contribution in [2.24, 2.45) is 11.1 Å². The molecule has 3 rings (SSSR count). The average Bonchev–Trinajstić information content (AvgIpc) is 2.78. The molecular formula is C15H20N2O. The first kappa shape index (κ1) is 11.7. The van der Waals surface area contributed by atoms with Gasteiger partial charge >= 0.3 is 0 Å². The summed E-state index contributed by atoms with van der Waals surface area (Å²) < 4.78 is 0. The van der Waals surface area contributed by atoms with Gasteiger partial charge in [0.25, 0.3) is 0 Å². The maximum Gasteiger partial charge on any atom is 0.0831 e. The lowest BCUT2D eigenvalue weighted by Crippen LogP contribution is -2.38. The highest BCUT2D eigenvalue weighted by Gasteiger charge is 2.34. The van der Waals surface area contributed by atoms with Crippen molar-refractivity contribution in [2.75, 3.05) is 13.1 Å². The van der Waals surface area contributed by atoms with Crippen molar-refractivity contribution in [3.05, 3.63) is 35.4 Å². The van der Waals surface area contributed by atoms with Crippen molar-refractivity contribution in [3.63, 3.8) is 0 Å². The zero-order valence-electron chi connectivity index (χ0n) is 10.8. The van der Waals surface area contributed by atoms with Crippen LogP contribution in [-0.4, -0.2) is 28.9 Å². The SMILES string of the molecule is CC1CCN(C2C(=NO)Cc3ccccc32)CC1. The van der Waals surface area contributed by atoms with Crippen LogP contribution in [0.2, 0.25) is 0 Å². The molecular weight excluding hydrogens is 224 g/mol. The molecule has 0 amide bonds. The Morgan fingerprint density at radius 3 is 2.67 bits per heavy atom. The second kappa shape index (κ2) is 4.73. The molecule has 1 saturated heterocycles. The molecule has 1 unspecified atom stereocenters. The predicted molar refractivity (Wildman–Crippen MR) is 72.1 cm³/mol. The number of hydrogen-bond donors (Lipinski definition) is 1. The Balaban J connectivity index is 1.90. The number of piperidine rings is 1. The Morgan fingerprint density at radius 2 is 1.94 bits per heavy atom. The smallest absolute Gasteiger partial charge is 0.0831 e. The van der Waals surface area contributed by atoms with Crippen LogP contribution >= 0.6 is 0 Å². The normalized spacial score (nSPS) is 27.6. The van der Waals surface area contributed by atoms with Crippen molar-refractivity contribution < 1.29 is 5.21 Å². The lowest BCUT2D eigenvalue weighted by Gasteiger charge is -2.35. The minimum Gasteiger partial charge on any atom is -0.411 e. The van der Waals surface area contributed by atoms with Crippen LogP contribution in [0.5, 0.6) is 0 Å². The molecule has 3 heteroatoms. The Morgan fingerprint density at radius 1 is 1.22 bits per heavy atom. The molecule has 96 valence electrons. The van der Waals surface area contributed by atoms with Crippen LogP contribution in [0.4, 0.5) is 0 Å². The van der Waals surface area contributed by atoms with E-state index >= 15 is 0 Å². The van der Waals surface area contributed by atoms with Crippen molar-refractivity contribution in [3.8, 4) is 0 Å². The van der Waals surface area contributed by atoms with Crippen molar-refractivity contribution in [2.45, 2.75) is 32.2 Å². The maximum atomic E-state index is 9.25. The predicted octanol–water partition coefficient (Wildman–Crippen LogP) is 2.85. The van der Waals surface area contributed by atoms with Gasteiger partial charge < -0.3 is 5.21 Å². The highest BCUT2D eigenvalue weighted by Crippen LogP contribution is 2.35. The highest BCUT2D eigenvalue weighted by molar-refractivity contribution is 5.96. The Labute approximate surface area is 108 Å². The number of hydrogen-bond acceptors (Lipinski definition) is 3. The van der Waals surface area contributed by atoms with Gasteiger partial charge in [0.05, 0.1) is 11.8 Å². The van der Waals surface area contributed by atoms with Crippen LogP contribution in [0.25, 0.3) is 0 Å². The molecule has 1 aliphatic carbocycles. The molecule has 3 nitrogen and oxygen atoms in total. The van der Waals surface area contributed by atoms with Crippen molar-refractivity contribution in [1.82, 2.24) is 4.90 Å². The molecule has 1 aromatic carbocycles. The second-order valence-corrected chi connectivity index (χ2v) is 5.59. The first-order valence-corrected chi connectivity index (χ1v) is 6.82. The standard InChI is InChI=1S/C15H20N2O/c1-11-6-8-17(9-7-11)15-13-5-3-2-4-12(13)10-14(15)16-18/h2-5,11,15,18H,6-10H2,1H3. The molecule has 1 heterocycles. The number of likely N-dealkylation sites (tertiary alicyclic amines) is 1. The minimum atomic E-state index is 0.207. The fourth-order valence-corrected chi connectivity index (χ4v) is 3.22. The summed E-state index contributed by atoms with van der Waals surface area (Å²) in [6, 6.07) is 8.68. The zero-order chi connectivity index (χ0) is 12.5. The summed E-state index contributed by atoms with van der Waals surface area (Å²) in [6.07, 6.45) is 3.29. The van der Waals surface area contributed by atoms with Gasteiger partial charge in [0, 0.05) is 6.42 Å². The van der Waals surface area contributed by atoms with Crippen LogP contribution in [0.15, 0.2) is 29.4 Å². The molecule has 1 N–H and O–H groups in total. The largest absolute Gasteiger partial charge is 0.411 e. The quantitative estimate of drug-likeness (QED) is 0.609. The third-order valence-electron chi connectivity index (χ3n) is 4.35. The van der Waals surface area contributed by atoms with Gasteiger partial charge in [-0.3, -0.25) is 4.90 Å². The van der Waals surface area contributed by atoms with Crippen molar-refractivity contribution in [1.29, 1.82) is 0 Å². The lowest BCUT2D eigenvalue weighted by molar-refractivity contribution is 0.169. The van der Waals surface area contributed by atoms with Gasteiger partial charge in [-0.2, -0.15) is 0 Å². The fourth-order valence-electron chi connectivity index (χ4n) is 3.22. The zero-order valence-corrected chi connectivity index (χ0v) is 10.8. The summed E-state index contributed by atoms with van der Waals surface area (Å²) in [5.74, 6) is 0.826. The van der Waals surface area contributed by atoms with Crippen LogP contribution in [0.3, 0.4) is 0 Å². The highest BCUT2D eigenvalue weighted by atomic mass is 16.4. The molecule has 0 radical (unpaired) electrons. The van der Waals surface area contributed by atoms with E-state index in [1.54, 1.807) is 0 Å². The molecule has 1 aromatic rings. The molecule has 1 atom stereocenters. The van der Waals surface area contributed by atoms with Gasteiger partial charge in [-0.1, -0.05) is 36.3 Å². The molecule has 1 aliphatic heterocycles. The molecule has 2 aliphatic rings. The summed E-state index contributed by atoms with van der Waals surface area (Å²) in [5, 5.41) is 12.8. The first-order chi connectivity index (χ1) is 8.79. The average molecular weight is 244 g/mol. The minimum absolute atomic E-state index is 0.207. The molecule has 0 bridgehead atoms.